The van der Waals surface area contributed by atoms with E-state index in [2.05, 4.69) is 5.32 Å². The molecule has 0 aliphatic rings. The van der Waals surface area contributed by atoms with Gasteiger partial charge >= 0.3 is 5.97 Å². The lowest BCUT2D eigenvalue weighted by Crippen LogP contribution is -2.44. The van der Waals surface area contributed by atoms with Crippen LogP contribution in [-0.2, 0) is 20.7 Å². The van der Waals surface area contributed by atoms with Gasteiger partial charge in [0.1, 0.15) is 0 Å². The van der Waals surface area contributed by atoms with E-state index in [1.165, 1.54) is 7.11 Å². The molecule has 18 heavy (non-hydrogen) atoms. The molecular weight excluding hydrogens is 258 g/mol. The fourth-order valence-electron chi connectivity index (χ4n) is 1.40. The van der Waals surface area contributed by atoms with Crippen molar-refractivity contribution < 1.29 is 19.4 Å². The zero-order valence-corrected chi connectivity index (χ0v) is 10.6. The summed E-state index contributed by atoms with van der Waals surface area (Å²) in [5.74, 6) is -1.54. The van der Waals surface area contributed by atoms with E-state index in [1.54, 1.807) is 24.3 Å². The van der Waals surface area contributed by atoms with E-state index in [0.29, 0.717) is 10.6 Å². The van der Waals surface area contributed by atoms with Gasteiger partial charge in [-0.1, -0.05) is 29.8 Å². The first-order chi connectivity index (χ1) is 8.54. The van der Waals surface area contributed by atoms with E-state index in [1.807, 2.05) is 0 Å². The van der Waals surface area contributed by atoms with Gasteiger partial charge in [0.15, 0.2) is 6.04 Å². The number of benzene rings is 1. The first-order valence-corrected chi connectivity index (χ1v) is 5.67. The molecule has 0 bridgehead atoms. The number of hydrogen-bond acceptors (Lipinski definition) is 3. The van der Waals surface area contributed by atoms with Gasteiger partial charge < -0.3 is 15.2 Å². The normalized spacial score (nSPS) is 11.9. The number of carbonyl (C=O) groups excluding carboxylic acids is 1. The Balaban J connectivity index is 2.61. The van der Waals surface area contributed by atoms with E-state index in [-0.39, 0.29) is 13.0 Å². The van der Waals surface area contributed by atoms with Crippen molar-refractivity contribution in [1.29, 1.82) is 0 Å². The van der Waals surface area contributed by atoms with Crippen LogP contribution < -0.4 is 5.32 Å². The number of rotatable bonds is 6. The molecule has 0 fully saturated rings. The Morgan fingerprint density at radius 1 is 1.44 bits per heavy atom. The fourth-order valence-corrected chi connectivity index (χ4v) is 1.60. The summed E-state index contributed by atoms with van der Waals surface area (Å²) in [4.78, 5) is 22.5. The standard InChI is InChI=1S/C12H14ClNO4/c1-18-7-10(12(16)17)14-11(15)6-8-4-2-3-5-9(8)13/h2-5,10H,6-7H2,1H3,(H,14,15)(H,16,17). The van der Waals surface area contributed by atoms with Gasteiger partial charge in [-0.25, -0.2) is 4.79 Å². The minimum absolute atomic E-state index is 0.0349. The Morgan fingerprint density at radius 2 is 2.11 bits per heavy atom. The molecule has 0 spiro atoms. The van der Waals surface area contributed by atoms with Crippen molar-refractivity contribution in [2.45, 2.75) is 12.5 Å². The van der Waals surface area contributed by atoms with Crippen molar-refractivity contribution in [3.8, 4) is 0 Å². The highest BCUT2D eigenvalue weighted by Gasteiger charge is 2.19. The number of carboxylic acids is 1. The number of carboxylic acid groups (broad SMARTS) is 1. The third-order valence-electron chi connectivity index (χ3n) is 2.28. The van der Waals surface area contributed by atoms with Crippen LogP contribution in [0.15, 0.2) is 24.3 Å². The Bertz CT molecular complexity index is 436. The first kappa shape index (κ1) is 14.5. The van der Waals surface area contributed by atoms with Crippen molar-refractivity contribution in [1.82, 2.24) is 5.32 Å². The molecule has 1 unspecified atom stereocenters. The van der Waals surface area contributed by atoms with Crippen molar-refractivity contribution in [2.24, 2.45) is 0 Å². The smallest absolute Gasteiger partial charge is 0.328 e. The van der Waals surface area contributed by atoms with Crippen LogP contribution in [0.2, 0.25) is 5.02 Å². The van der Waals surface area contributed by atoms with Gasteiger partial charge in [0, 0.05) is 12.1 Å². The molecule has 0 aromatic heterocycles. The van der Waals surface area contributed by atoms with Gasteiger partial charge in [0.25, 0.3) is 0 Å². The number of aliphatic carboxylic acids is 1. The third kappa shape index (κ3) is 4.35. The Hall–Kier alpha value is -1.59. The van der Waals surface area contributed by atoms with Gasteiger partial charge in [0.2, 0.25) is 5.91 Å². The van der Waals surface area contributed by atoms with Crippen molar-refractivity contribution in [2.75, 3.05) is 13.7 Å². The summed E-state index contributed by atoms with van der Waals surface area (Å²) in [7, 11) is 1.37. The molecule has 2 N–H and O–H groups in total. The molecule has 1 amide bonds. The van der Waals surface area contributed by atoms with E-state index in [4.69, 9.17) is 21.4 Å². The van der Waals surface area contributed by atoms with E-state index < -0.39 is 17.9 Å². The van der Waals surface area contributed by atoms with Gasteiger partial charge in [-0.3, -0.25) is 4.79 Å². The number of ether oxygens (including phenoxy) is 1. The molecule has 1 aromatic carbocycles. The van der Waals surface area contributed by atoms with Crippen molar-refractivity contribution in [3.05, 3.63) is 34.9 Å². The number of methoxy groups -OCH3 is 1. The molecule has 1 atom stereocenters. The summed E-state index contributed by atoms with van der Waals surface area (Å²) >= 11 is 5.91. The van der Waals surface area contributed by atoms with Crippen molar-refractivity contribution >= 4 is 23.5 Å². The van der Waals surface area contributed by atoms with Gasteiger partial charge in [-0.2, -0.15) is 0 Å². The molecule has 6 heteroatoms. The predicted molar refractivity (Wildman–Crippen MR) is 66.6 cm³/mol. The molecule has 0 saturated heterocycles. The lowest BCUT2D eigenvalue weighted by molar-refractivity contribution is -0.143. The third-order valence-corrected chi connectivity index (χ3v) is 2.64. The summed E-state index contributed by atoms with van der Waals surface area (Å²) in [6.45, 7) is -0.0798. The molecule has 0 heterocycles. The van der Waals surface area contributed by atoms with Crippen LogP contribution in [0.5, 0.6) is 0 Å². The van der Waals surface area contributed by atoms with Crippen LogP contribution in [0, 0.1) is 0 Å². The molecule has 0 radical (unpaired) electrons. The maximum Gasteiger partial charge on any atom is 0.328 e. The lowest BCUT2D eigenvalue weighted by Gasteiger charge is -2.13. The topological polar surface area (TPSA) is 75.6 Å². The van der Waals surface area contributed by atoms with Crippen LogP contribution in [0.4, 0.5) is 0 Å². The average molecular weight is 272 g/mol. The zero-order valence-electron chi connectivity index (χ0n) is 9.85. The molecule has 0 aliphatic carbocycles. The summed E-state index contributed by atoms with van der Waals surface area (Å²) in [6, 6.07) is 5.86. The second-order valence-electron chi connectivity index (χ2n) is 3.68. The number of hydrogen-bond donors (Lipinski definition) is 2. The second kappa shape index (κ2) is 6.98. The minimum Gasteiger partial charge on any atom is -0.480 e. The Kier molecular flexibility index (Phi) is 5.61. The highest BCUT2D eigenvalue weighted by molar-refractivity contribution is 6.31. The Morgan fingerprint density at radius 3 is 2.67 bits per heavy atom. The van der Waals surface area contributed by atoms with Crippen molar-refractivity contribution in [3.63, 3.8) is 0 Å². The molecule has 1 aromatic rings. The molecule has 1 rings (SSSR count). The van der Waals surface area contributed by atoms with Gasteiger partial charge in [-0.05, 0) is 11.6 Å². The Labute approximate surface area is 110 Å². The average Bonchev–Trinajstić information content (AvgIpc) is 2.31. The van der Waals surface area contributed by atoms with Gasteiger partial charge in [0.05, 0.1) is 13.0 Å². The molecule has 0 aliphatic heterocycles. The molecule has 5 nitrogen and oxygen atoms in total. The number of amides is 1. The van der Waals surface area contributed by atoms with Crippen LogP contribution in [0.3, 0.4) is 0 Å². The first-order valence-electron chi connectivity index (χ1n) is 5.29. The highest BCUT2D eigenvalue weighted by atomic mass is 35.5. The summed E-state index contributed by atoms with van der Waals surface area (Å²) in [6.07, 6.45) is 0.0349. The van der Waals surface area contributed by atoms with Crippen LogP contribution in [0.1, 0.15) is 5.56 Å². The largest absolute Gasteiger partial charge is 0.480 e. The monoisotopic (exact) mass is 271 g/mol. The minimum atomic E-state index is -1.13. The molecule has 98 valence electrons. The maximum atomic E-state index is 11.7. The van der Waals surface area contributed by atoms with Gasteiger partial charge in [-0.15, -0.1) is 0 Å². The number of halogens is 1. The number of carbonyl (C=O) groups is 2. The zero-order chi connectivity index (χ0) is 13.5. The molecular formula is C12H14ClNO4. The van der Waals surface area contributed by atoms with E-state index >= 15 is 0 Å². The maximum absolute atomic E-state index is 11.7. The SMILES string of the molecule is COCC(NC(=O)Cc1ccccc1Cl)C(=O)O. The fraction of sp³-hybridized carbons (Fsp3) is 0.333. The lowest BCUT2D eigenvalue weighted by atomic mass is 10.1. The highest BCUT2D eigenvalue weighted by Crippen LogP contribution is 2.15. The van der Waals surface area contributed by atoms with E-state index in [0.717, 1.165) is 0 Å². The predicted octanol–water partition coefficient (Wildman–Crippen LogP) is 1.10. The molecule has 0 saturated carbocycles. The summed E-state index contributed by atoms with van der Waals surface area (Å²) in [5.41, 5.74) is 0.651. The van der Waals surface area contributed by atoms with Crippen LogP contribution in [-0.4, -0.2) is 36.7 Å². The van der Waals surface area contributed by atoms with Crippen LogP contribution in [0.25, 0.3) is 0 Å². The van der Waals surface area contributed by atoms with E-state index in [9.17, 15) is 9.59 Å². The quantitative estimate of drug-likeness (QED) is 0.812. The summed E-state index contributed by atoms with van der Waals surface area (Å²) < 4.78 is 4.72. The second-order valence-corrected chi connectivity index (χ2v) is 4.09. The van der Waals surface area contributed by atoms with Crippen LogP contribution >= 0.6 is 11.6 Å². The summed E-state index contributed by atoms with van der Waals surface area (Å²) in [5, 5.41) is 11.7. The number of nitrogens with one attached hydrogen (secondary N) is 1.